The van der Waals surface area contributed by atoms with Crippen molar-refractivity contribution in [3.63, 3.8) is 0 Å². The van der Waals surface area contributed by atoms with Gasteiger partial charge in [-0.1, -0.05) is 18.2 Å². The summed E-state index contributed by atoms with van der Waals surface area (Å²) in [6, 6.07) is 10.4. The maximum Gasteiger partial charge on any atom is 0.416 e. The Morgan fingerprint density at radius 1 is 1.04 bits per heavy atom. The zero-order valence-electron chi connectivity index (χ0n) is 12.7. The summed E-state index contributed by atoms with van der Waals surface area (Å²) in [6.07, 6.45) is -3.91. The molecule has 2 aromatic carbocycles. The largest absolute Gasteiger partial charge is 0.494 e. The Morgan fingerprint density at radius 2 is 1.75 bits per heavy atom. The van der Waals surface area contributed by atoms with Crippen LogP contribution in [0.1, 0.15) is 17.5 Å². The van der Waals surface area contributed by atoms with Crippen molar-refractivity contribution in [1.82, 2.24) is 0 Å². The highest BCUT2D eigenvalue weighted by molar-refractivity contribution is 7.84. The molecule has 2 rings (SSSR count). The molecule has 0 aliphatic carbocycles. The lowest BCUT2D eigenvalue weighted by Gasteiger charge is -2.09. The van der Waals surface area contributed by atoms with E-state index in [-0.39, 0.29) is 11.6 Å². The maximum atomic E-state index is 12.7. The Balaban J connectivity index is 1.76. The van der Waals surface area contributed by atoms with E-state index in [0.717, 1.165) is 12.1 Å². The molecular weight excluding hydrogens is 344 g/mol. The number of alkyl halides is 3. The molecule has 1 unspecified atom stereocenters. The van der Waals surface area contributed by atoms with Gasteiger partial charge in [-0.25, -0.2) is 4.39 Å². The van der Waals surface area contributed by atoms with Crippen LogP contribution in [0.25, 0.3) is 0 Å². The van der Waals surface area contributed by atoms with Crippen LogP contribution in [0.3, 0.4) is 0 Å². The van der Waals surface area contributed by atoms with Gasteiger partial charge >= 0.3 is 6.18 Å². The first kappa shape index (κ1) is 18.4. The van der Waals surface area contributed by atoms with E-state index in [4.69, 9.17) is 4.74 Å². The second-order valence-electron chi connectivity index (χ2n) is 5.14. The minimum Gasteiger partial charge on any atom is -0.494 e. The van der Waals surface area contributed by atoms with Crippen LogP contribution in [-0.4, -0.2) is 16.6 Å². The fourth-order valence-corrected chi connectivity index (χ4v) is 3.17. The molecule has 0 fully saturated rings. The molecule has 0 aliphatic heterocycles. The van der Waals surface area contributed by atoms with Gasteiger partial charge in [0.25, 0.3) is 0 Å². The van der Waals surface area contributed by atoms with Gasteiger partial charge < -0.3 is 4.74 Å². The van der Waals surface area contributed by atoms with Gasteiger partial charge in [0.2, 0.25) is 0 Å². The van der Waals surface area contributed by atoms with E-state index in [0.29, 0.717) is 30.1 Å². The van der Waals surface area contributed by atoms with E-state index >= 15 is 0 Å². The summed E-state index contributed by atoms with van der Waals surface area (Å²) in [5.41, 5.74) is -0.348. The van der Waals surface area contributed by atoms with Crippen LogP contribution in [0.4, 0.5) is 17.6 Å². The third kappa shape index (κ3) is 5.96. The van der Waals surface area contributed by atoms with Gasteiger partial charge in [0, 0.05) is 22.3 Å². The minimum atomic E-state index is -4.40. The van der Waals surface area contributed by atoms with Gasteiger partial charge in [0.05, 0.1) is 12.2 Å². The summed E-state index contributed by atoms with van der Waals surface area (Å²) < 4.78 is 67.9. The first-order chi connectivity index (χ1) is 11.3. The molecule has 0 N–H and O–H groups in total. The standard InChI is InChI=1S/C17H16F4O2S/c18-15-5-7-16(8-6-15)23-9-2-10-24(22)12-13-3-1-4-14(11-13)17(19,20)21/h1,3-8,11H,2,9-10,12H2. The van der Waals surface area contributed by atoms with Gasteiger partial charge in [-0.3, -0.25) is 4.21 Å². The van der Waals surface area contributed by atoms with E-state index < -0.39 is 22.5 Å². The summed E-state index contributed by atoms with van der Waals surface area (Å²) in [5, 5.41) is 0. The van der Waals surface area contributed by atoms with Gasteiger partial charge in [-0.15, -0.1) is 0 Å². The molecule has 2 nitrogen and oxygen atoms in total. The SMILES string of the molecule is O=S(CCCOc1ccc(F)cc1)Cc1cccc(C(F)(F)F)c1. The van der Waals surface area contributed by atoms with Crippen molar-refractivity contribution in [1.29, 1.82) is 0 Å². The van der Waals surface area contributed by atoms with Crippen LogP contribution in [0.15, 0.2) is 48.5 Å². The van der Waals surface area contributed by atoms with Crippen molar-refractivity contribution in [2.75, 3.05) is 12.4 Å². The number of benzene rings is 2. The van der Waals surface area contributed by atoms with Crippen molar-refractivity contribution < 1.29 is 26.5 Å². The number of hydrogen-bond donors (Lipinski definition) is 0. The van der Waals surface area contributed by atoms with Crippen LogP contribution in [0.2, 0.25) is 0 Å². The number of ether oxygens (including phenoxy) is 1. The maximum absolute atomic E-state index is 12.7. The van der Waals surface area contributed by atoms with Crippen LogP contribution in [0.5, 0.6) is 5.75 Å². The molecule has 0 bridgehead atoms. The Kier molecular flexibility index (Phi) is 6.36. The lowest BCUT2D eigenvalue weighted by atomic mass is 10.1. The van der Waals surface area contributed by atoms with Crippen molar-refractivity contribution in [3.8, 4) is 5.75 Å². The third-order valence-corrected chi connectivity index (χ3v) is 4.58. The summed E-state index contributed by atoms with van der Waals surface area (Å²) in [6.45, 7) is 0.306. The number of hydrogen-bond acceptors (Lipinski definition) is 2. The minimum absolute atomic E-state index is 0.0699. The van der Waals surface area contributed by atoms with Crippen LogP contribution in [0, 0.1) is 5.82 Å². The Labute approximate surface area is 139 Å². The second-order valence-corrected chi connectivity index (χ2v) is 6.72. The lowest BCUT2D eigenvalue weighted by molar-refractivity contribution is -0.137. The van der Waals surface area contributed by atoms with E-state index in [1.807, 2.05) is 0 Å². The van der Waals surface area contributed by atoms with Crippen LogP contribution in [-0.2, 0) is 22.7 Å². The molecule has 0 aliphatic rings. The summed E-state index contributed by atoms with van der Waals surface area (Å²) in [5.74, 6) is 0.544. The van der Waals surface area contributed by atoms with E-state index in [2.05, 4.69) is 0 Å². The van der Waals surface area contributed by atoms with Gasteiger partial charge in [0.15, 0.2) is 0 Å². The Bertz CT molecular complexity index is 684. The molecule has 7 heteroatoms. The molecule has 0 heterocycles. The van der Waals surface area contributed by atoms with Crippen molar-refractivity contribution >= 4 is 10.8 Å². The van der Waals surface area contributed by atoms with Gasteiger partial charge in [0.1, 0.15) is 11.6 Å². The third-order valence-electron chi connectivity index (χ3n) is 3.18. The highest BCUT2D eigenvalue weighted by atomic mass is 32.2. The zero-order chi connectivity index (χ0) is 17.6. The normalized spacial score (nSPS) is 12.8. The lowest BCUT2D eigenvalue weighted by Crippen LogP contribution is -2.08. The Morgan fingerprint density at radius 3 is 2.42 bits per heavy atom. The molecule has 0 aromatic heterocycles. The van der Waals surface area contributed by atoms with Gasteiger partial charge in [-0.05, 0) is 42.3 Å². The molecule has 1 atom stereocenters. The molecule has 0 spiro atoms. The fraction of sp³-hybridized carbons (Fsp3) is 0.294. The molecule has 0 saturated heterocycles. The molecular formula is C17H16F4O2S. The molecule has 2 aromatic rings. The monoisotopic (exact) mass is 360 g/mol. The first-order valence-corrected chi connectivity index (χ1v) is 8.73. The summed E-state index contributed by atoms with van der Waals surface area (Å²) in [7, 11) is -1.27. The smallest absolute Gasteiger partial charge is 0.416 e. The average Bonchev–Trinajstić information content (AvgIpc) is 2.53. The number of rotatable bonds is 7. The fourth-order valence-electron chi connectivity index (χ4n) is 2.04. The molecule has 130 valence electrons. The molecule has 0 radical (unpaired) electrons. The average molecular weight is 360 g/mol. The molecule has 0 saturated carbocycles. The highest BCUT2D eigenvalue weighted by Crippen LogP contribution is 2.29. The van der Waals surface area contributed by atoms with E-state index in [1.165, 1.54) is 36.4 Å². The summed E-state index contributed by atoms with van der Waals surface area (Å²) in [4.78, 5) is 0. The molecule has 24 heavy (non-hydrogen) atoms. The van der Waals surface area contributed by atoms with Crippen molar-refractivity contribution in [2.24, 2.45) is 0 Å². The highest BCUT2D eigenvalue weighted by Gasteiger charge is 2.30. The number of halogens is 4. The second kappa shape index (κ2) is 8.28. The predicted octanol–water partition coefficient (Wildman–Crippen LogP) is 4.56. The van der Waals surface area contributed by atoms with Gasteiger partial charge in [-0.2, -0.15) is 13.2 Å². The predicted molar refractivity (Wildman–Crippen MR) is 84.7 cm³/mol. The molecule has 0 amide bonds. The topological polar surface area (TPSA) is 26.3 Å². The van der Waals surface area contributed by atoms with Crippen molar-refractivity contribution in [3.05, 3.63) is 65.5 Å². The van der Waals surface area contributed by atoms with E-state index in [9.17, 15) is 21.8 Å². The first-order valence-electron chi connectivity index (χ1n) is 7.24. The van der Waals surface area contributed by atoms with Crippen LogP contribution >= 0.6 is 0 Å². The quantitative estimate of drug-likeness (QED) is 0.534. The van der Waals surface area contributed by atoms with Crippen LogP contribution < -0.4 is 4.74 Å². The summed E-state index contributed by atoms with van der Waals surface area (Å²) >= 11 is 0. The van der Waals surface area contributed by atoms with E-state index in [1.54, 1.807) is 0 Å². The van der Waals surface area contributed by atoms with Crippen molar-refractivity contribution in [2.45, 2.75) is 18.3 Å². The zero-order valence-corrected chi connectivity index (χ0v) is 13.5. The Hall–Kier alpha value is -1.89.